The molecule has 128 valence electrons. The second kappa shape index (κ2) is 11.7. The summed E-state index contributed by atoms with van der Waals surface area (Å²) in [7, 11) is 0. The first-order valence-corrected chi connectivity index (χ1v) is 10.0. The van der Waals surface area contributed by atoms with Gasteiger partial charge in [-0.25, -0.2) is 4.31 Å². The minimum atomic E-state index is 0.720. The number of nitrogens with zero attached hydrogens (tertiary/aromatic N) is 1. The molecule has 0 unspecified atom stereocenters. The summed E-state index contributed by atoms with van der Waals surface area (Å²) in [4.78, 5) is 1.25. The van der Waals surface area contributed by atoms with E-state index in [2.05, 4.69) is 29.1 Å². The average Bonchev–Trinajstić information content (AvgIpc) is 3.06. The van der Waals surface area contributed by atoms with Crippen molar-refractivity contribution < 1.29 is 0 Å². The van der Waals surface area contributed by atoms with Crippen LogP contribution in [0.1, 0.15) is 38.5 Å². The van der Waals surface area contributed by atoms with Crippen molar-refractivity contribution in [1.82, 2.24) is 4.31 Å². The van der Waals surface area contributed by atoms with Crippen LogP contribution in [0.25, 0.3) is 5.57 Å². The highest BCUT2D eigenvalue weighted by Crippen LogP contribution is 2.35. The number of hydrogen-bond acceptors (Lipinski definition) is 4. The summed E-state index contributed by atoms with van der Waals surface area (Å²) in [5, 5.41) is 0. The lowest BCUT2D eigenvalue weighted by Crippen LogP contribution is -2.31. The highest BCUT2D eigenvalue weighted by Gasteiger charge is 2.19. The van der Waals surface area contributed by atoms with Crippen molar-refractivity contribution in [3.63, 3.8) is 0 Å². The molecule has 0 spiro atoms. The molecule has 0 bridgehead atoms. The Bertz CT molecular complexity index is 509. The van der Waals surface area contributed by atoms with Crippen LogP contribution in [0.3, 0.4) is 0 Å². The molecule has 2 rings (SSSR count). The van der Waals surface area contributed by atoms with Crippen molar-refractivity contribution in [3.8, 4) is 0 Å². The second-order valence-corrected chi connectivity index (χ2v) is 7.71. The zero-order valence-electron chi connectivity index (χ0n) is 14.6. The molecule has 1 aromatic rings. The van der Waals surface area contributed by atoms with Crippen LogP contribution >= 0.6 is 23.3 Å². The molecular formula is C19H30N2S2. The van der Waals surface area contributed by atoms with Gasteiger partial charge in [0.05, 0.1) is 4.21 Å². The van der Waals surface area contributed by atoms with Crippen LogP contribution in [0.4, 0.5) is 0 Å². The molecule has 2 heterocycles. The van der Waals surface area contributed by atoms with Crippen LogP contribution in [0.5, 0.6) is 0 Å². The van der Waals surface area contributed by atoms with Crippen molar-refractivity contribution in [1.29, 1.82) is 0 Å². The first-order chi connectivity index (χ1) is 11.2. The quantitative estimate of drug-likeness (QED) is 0.535. The number of rotatable bonds is 6. The number of allylic oxidation sites excluding steroid dienone is 5. The van der Waals surface area contributed by atoms with Gasteiger partial charge in [-0.2, -0.15) is 0 Å². The summed E-state index contributed by atoms with van der Waals surface area (Å²) < 4.78 is 3.80. The molecule has 1 aliphatic heterocycles. The number of piperidine rings is 1. The van der Waals surface area contributed by atoms with Gasteiger partial charge in [-0.05, 0) is 61.9 Å². The molecule has 2 N–H and O–H groups in total. The zero-order chi connectivity index (χ0) is 17.1. The van der Waals surface area contributed by atoms with Gasteiger partial charge in [-0.1, -0.05) is 44.7 Å². The van der Waals surface area contributed by atoms with Gasteiger partial charge >= 0.3 is 0 Å². The Kier molecular flexibility index (Phi) is 10.3. The predicted octanol–water partition coefficient (Wildman–Crippen LogP) is 5.60. The van der Waals surface area contributed by atoms with Gasteiger partial charge in [0, 0.05) is 18.0 Å². The minimum absolute atomic E-state index is 0.720. The van der Waals surface area contributed by atoms with Crippen molar-refractivity contribution in [2.75, 3.05) is 19.6 Å². The summed E-state index contributed by atoms with van der Waals surface area (Å²) in [6.45, 7) is 13.3. The molecule has 23 heavy (non-hydrogen) atoms. The third-order valence-corrected chi connectivity index (χ3v) is 5.99. The summed E-state index contributed by atoms with van der Waals surface area (Å²) in [6.07, 6.45) is 10.6. The van der Waals surface area contributed by atoms with E-state index in [9.17, 15) is 0 Å². The third kappa shape index (κ3) is 7.08. The molecule has 1 aromatic heterocycles. The maximum atomic E-state index is 5.74. The Morgan fingerprint density at radius 3 is 2.65 bits per heavy atom. The van der Waals surface area contributed by atoms with E-state index in [0.717, 1.165) is 31.1 Å². The number of thiophene rings is 1. The Morgan fingerprint density at radius 2 is 2.04 bits per heavy atom. The fraction of sp³-hybridized carbons (Fsp3) is 0.474. The smallest absolute Gasteiger partial charge is 0.0760 e. The lowest BCUT2D eigenvalue weighted by atomic mass is 9.99. The van der Waals surface area contributed by atoms with Crippen molar-refractivity contribution in [3.05, 3.63) is 47.9 Å². The van der Waals surface area contributed by atoms with Gasteiger partial charge in [0.2, 0.25) is 0 Å². The van der Waals surface area contributed by atoms with Crippen molar-refractivity contribution in [2.24, 2.45) is 11.7 Å². The predicted molar refractivity (Wildman–Crippen MR) is 108 cm³/mol. The van der Waals surface area contributed by atoms with E-state index in [4.69, 9.17) is 5.73 Å². The molecular weight excluding hydrogens is 320 g/mol. The van der Waals surface area contributed by atoms with Crippen molar-refractivity contribution >= 4 is 28.9 Å². The summed E-state index contributed by atoms with van der Waals surface area (Å²) in [5.74, 6) is 0.720. The zero-order valence-corrected chi connectivity index (χ0v) is 16.3. The second-order valence-electron chi connectivity index (χ2n) is 5.23. The largest absolute Gasteiger partial charge is 0.330 e. The number of hydrogen-bond donors (Lipinski definition) is 1. The topological polar surface area (TPSA) is 29.3 Å². The van der Waals surface area contributed by atoms with Crippen LogP contribution in [0.2, 0.25) is 0 Å². The molecule has 0 aliphatic carbocycles. The fourth-order valence-electron chi connectivity index (χ4n) is 2.27. The standard InChI is InChI=1S/C17H24N2S2.C2H6/c1-3-4-5-6-14(2)16-7-8-17(20-16)21-19-11-9-15(13-18)10-12-19;1-2/h3-8,15H,2,9-13,18H2,1H3;1-2H3/b4-3-,6-5-;. The summed E-state index contributed by atoms with van der Waals surface area (Å²) >= 11 is 3.70. The van der Waals surface area contributed by atoms with Crippen LogP contribution in [0, 0.1) is 5.92 Å². The maximum Gasteiger partial charge on any atom is 0.0760 e. The Labute approximate surface area is 150 Å². The molecule has 0 atom stereocenters. The fourth-order valence-corrected chi connectivity index (χ4v) is 4.47. The Morgan fingerprint density at radius 1 is 1.35 bits per heavy atom. The monoisotopic (exact) mass is 350 g/mol. The molecule has 0 radical (unpaired) electrons. The van der Waals surface area contributed by atoms with Gasteiger partial charge in [0.25, 0.3) is 0 Å². The van der Waals surface area contributed by atoms with Crippen LogP contribution in [-0.4, -0.2) is 23.9 Å². The van der Waals surface area contributed by atoms with Gasteiger partial charge in [0.1, 0.15) is 0 Å². The SMILES string of the molecule is C=C(/C=C\C=C/C)c1ccc(SN2CCC(CN)CC2)s1.CC. The molecule has 0 amide bonds. The Hall–Kier alpha value is -0.810. The molecule has 0 aromatic carbocycles. The lowest BCUT2D eigenvalue weighted by Gasteiger charge is -2.29. The highest BCUT2D eigenvalue weighted by molar-refractivity contribution is 7.99. The minimum Gasteiger partial charge on any atom is -0.330 e. The van der Waals surface area contributed by atoms with Gasteiger partial charge < -0.3 is 5.73 Å². The van der Waals surface area contributed by atoms with E-state index in [1.165, 1.54) is 21.9 Å². The molecule has 1 saturated heterocycles. The first-order valence-electron chi connectivity index (χ1n) is 8.44. The van der Waals surface area contributed by atoms with Gasteiger partial charge in [0.15, 0.2) is 0 Å². The van der Waals surface area contributed by atoms with E-state index in [1.54, 1.807) is 0 Å². The lowest BCUT2D eigenvalue weighted by molar-refractivity contribution is 0.297. The average molecular weight is 351 g/mol. The molecule has 1 fully saturated rings. The number of nitrogens with two attached hydrogens (primary N) is 1. The van der Waals surface area contributed by atoms with Crippen molar-refractivity contribution in [2.45, 2.75) is 37.8 Å². The van der Waals surface area contributed by atoms with E-state index < -0.39 is 0 Å². The first kappa shape index (κ1) is 20.2. The molecule has 4 heteroatoms. The third-order valence-electron chi connectivity index (χ3n) is 3.62. The Balaban J connectivity index is 0.00000127. The van der Waals surface area contributed by atoms with Gasteiger partial charge in [-0.15, -0.1) is 11.3 Å². The molecule has 1 aliphatic rings. The van der Waals surface area contributed by atoms with E-state index in [0.29, 0.717) is 0 Å². The normalized spacial score (nSPS) is 16.7. The molecule has 0 saturated carbocycles. The summed E-state index contributed by atoms with van der Waals surface area (Å²) in [5.41, 5.74) is 6.82. The molecule has 2 nitrogen and oxygen atoms in total. The van der Waals surface area contributed by atoms with Crippen LogP contribution in [0.15, 0.2) is 47.2 Å². The van der Waals surface area contributed by atoms with Crippen LogP contribution in [-0.2, 0) is 0 Å². The van der Waals surface area contributed by atoms with Crippen LogP contribution < -0.4 is 5.73 Å². The summed E-state index contributed by atoms with van der Waals surface area (Å²) in [6, 6.07) is 4.37. The van der Waals surface area contributed by atoms with Gasteiger partial charge in [-0.3, -0.25) is 0 Å². The van der Waals surface area contributed by atoms with E-state index in [1.807, 2.05) is 62.3 Å². The maximum absolute atomic E-state index is 5.74. The van der Waals surface area contributed by atoms with E-state index in [-0.39, 0.29) is 0 Å². The van der Waals surface area contributed by atoms with E-state index >= 15 is 0 Å². The highest BCUT2D eigenvalue weighted by atomic mass is 32.2.